The largest absolute Gasteiger partial charge is 0.377 e. The molecule has 1 aromatic carbocycles. The molecule has 1 heterocycles. The fourth-order valence-corrected chi connectivity index (χ4v) is 3.57. The Kier molecular flexibility index (Phi) is 4.88. The minimum absolute atomic E-state index is 0.234. The van der Waals surface area contributed by atoms with Crippen molar-refractivity contribution in [3.05, 3.63) is 38.2 Å². The lowest BCUT2D eigenvalue weighted by atomic mass is 10.2. The highest BCUT2D eigenvalue weighted by Gasteiger charge is 2.30. The number of halogens is 6. The number of nitrogens with one attached hydrogen (secondary N) is 1. The third-order valence-corrected chi connectivity index (χ3v) is 5.81. The highest BCUT2D eigenvalue weighted by Crippen LogP contribution is 2.46. The number of alkyl halides is 3. The van der Waals surface area contributed by atoms with Crippen LogP contribution in [-0.4, -0.2) is 9.70 Å². The molecule has 0 aliphatic rings. The highest BCUT2D eigenvalue weighted by atomic mass is 79.9. The van der Waals surface area contributed by atoms with E-state index < -0.39 is 4.71 Å². The molecular weight excluding hydrogens is 447 g/mol. The van der Waals surface area contributed by atoms with Gasteiger partial charge in [0.15, 0.2) is 0 Å². The van der Waals surface area contributed by atoms with Crippen LogP contribution in [0, 0.1) is 0 Å². The molecule has 102 valence electrons. The molecule has 0 saturated carbocycles. The minimum atomic E-state index is -3.37. The van der Waals surface area contributed by atoms with Crippen LogP contribution in [0.25, 0.3) is 11.3 Å². The Morgan fingerprint density at radius 2 is 1.68 bits per heavy atom. The monoisotopic (exact) mass is 449 g/mol. The molecule has 0 radical (unpaired) electrons. The minimum Gasteiger partial charge on any atom is -0.348 e. The van der Waals surface area contributed by atoms with Crippen LogP contribution in [0.2, 0.25) is 5.02 Å². The summed E-state index contributed by atoms with van der Waals surface area (Å²) >= 11 is 17.6. The fourth-order valence-electron chi connectivity index (χ4n) is 1.43. The second-order valence-corrected chi connectivity index (χ2v) is 7.36. The molecule has 19 heavy (non-hydrogen) atoms. The van der Waals surface area contributed by atoms with Gasteiger partial charge in [-0.2, -0.15) is 8.78 Å². The Labute approximate surface area is 139 Å². The number of H-pyrrole nitrogens is 1. The SMILES string of the molecule is FC(F)(Cl)Sc1[nH]c(-c2ccc(Cl)cc2)c(Br)c1Br. The Hall–Kier alpha value is 0.250. The van der Waals surface area contributed by atoms with E-state index in [1.165, 1.54) is 0 Å². The molecule has 0 amide bonds. The van der Waals surface area contributed by atoms with E-state index in [4.69, 9.17) is 23.2 Å². The van der Waals surface area contributed by atoms with Crippen LogP contribution in [0.3, 0.4) is 0 Å². The van der Waals surface area contributed by atoms with Gasteiger partial charge < -0.3 is 4.98 Å². The van der Waals surface area contributed by atoms with E-state index in [0.717, 1.165) is 5.56 Å². The topological polar surface area (TPSA) is 15.8 Å². The van der Waals surface area contributed by atoms with E-state index in [1.54, 1.807) is 24.3 Å². The van der Waals surface area contributed by atoms with Crippen LogP contribution in [0.15, 0.2) is 38.2 Å². The molecule has 0 aliphatic heterocycles. The number of aromatic nitrogens is 1. The first-order valence-electron chi connectivity index (χ1n) is 4.86. The van der Waals surface area contributed by atoms with Gasteiger partial charge in [0, 0.05) is 5.02 Å². The van der Waals surface area contributed by atoms with E-state index >= 15 is 0 Å². The number of rotatable bonds is 3. The van der Waals surface area contributed by atoms with Gasteiger partial charge in [-0.3, -0.25) is 0 Å². The quantitative estimate of drug-likeness (QED) is 0.403. The number of aromatic amines is 1. The number of thioether (sulfide) groups is 1. The maximum Gasteiger partial charge on any atom is 0.377 e. The first kappa shape index (κ1) is 15.6. The van der Waals surface area contributed by atoms with E-state index in [9.17, 15) is 8.78 Å². The summed E-state index contributed by atoms with van der Waals surface area (Å²) in [5, 5.41) is 0.851. The van der Waals surface area contributed by atoms with Crippen molar-refractivity contribution in [2.75, 3.05) is 0 Å². The fraction of sp³-hybridized carbons (Fsp3) is 0.0909. The highest BCUT2D eigenvalue weighted by molar-refractivity contribution is 9.13. The van der Waals surface area contributed by atoms with Gasteiger partial charge in [-0.05, 0) is 72.9 Å². The molecule has 0 atom stereocenters. The zero-order chi connectivity index (χ0) is 14.2. The van der Waals surface area contributed by atoms with Crippen LogP contribution in [0.4, 0.5) is 8.78 Å². The predicted octanol–water partition coefficient (Wildman–Crippen LogP) is 6.74. The average molecular weight is 452 g/mol. The average Bonchev–Trinajstić information content (AvgIpc) is 2.57. The van der Waals surface area contributed by atoms with Gasteiger partial charge in [-0.15, -0.1) is 0 Å². The van der Waals surface area contributed by atoms with Gasteiger partial charge in [-0.25, -0.2) is 0 Å². The van der Waals surface area contributed by atoms with Crippen molar-refractivity contribution < 1.29 is 8.78 Å². The Morgan fingerprint density at radius 1 is 1.11 bits per heavy atom. The van der Waals surface area contributed by atoms with Crippen LogP contribution < -0.4 is 0 Å². The van der Waals surface area contributed by atoms with Crippen LogP contribution >= 0.6 is 66.8 Å². The number of benzene rings is 1. The van der Waals surface area contributed by atoms with Gasteiger partial charge >= 0.3 is 4.71 Å². The Bertz CT molecular complexity index is 596. The van der Waals surface area contributed by atoms with Crippen molar-refractivity contribution in [2.24, 2.45) is 0 Å². The molecule has 0 unspecified atom stereocenters. The maximum atomic E-state index is 12.8. The molecule has 1 aromatic heterocycles. The predicted molar refractivity (Wildman–Crippen MR) is 83.3 cm³/mol. The van der Waals surface area contributed by atoms with E-state index in [2.05, 4.69) is 36.8 Å². The van der Waals surface area contributed by atoms with Crippen molar-refractivity contribution >= 4 is 66.8 Å². The van der Waals surface area contributed by atoms with Crippen molar-refractivity contribution in [3.8, 4) is 11.3 Å². The number of hydrogen-bond donors (Lipinski definition) is 1. The summed E-state index contributed by atoms with van der Waals surface area (Å²) in [6.45, 7) is 0. The van der Waals surface area contributed by atoms with Crippen LogP contribution in [0.5, 0.6) is 0 Å². The lowest BCUT2D eigenvalue weighted by Gasteiger charge is -2.05. The summed E-state index contributed by atoms with van der Waals surface area (Å²) in [5.41, 5.74) is 1.49. The molecule has 1 nitrogen and oxygen atoms in total. The Balaban J connectivity index is 2.43. The standard InChI is InChI=1S/C11H5Br2Cl2F2NS/c12-7-8(13)10(19-11(15,16)17)18-9(7)5-1-3-6(14)4-2-5/h1-4,18H. The van der Waals surface area contributed by atoms with E-state index in [1.807, 2.05) is 0 Å². The molecule has 0 bridgehead atoms. The molecule has 1 N–H and O–H groups in total. The molecule has 0 aliphatic carbocycles. The smallest absolute Gasteiger partial charge is 0.348 e. The lowest BCUT2D eigenvalue weighted by Crippen LogP contribution is -1.97. The molecule has 0 spiro atoms. The summed E-state index contributed by atoms with van der Waals surface area (Å²) in [6.07, 6.45) is 0. The van der Waals surface area contributed by atoms with E-state index in [-0.39, 0.29) is 16.8 Å². The van der Waals surface area contributed by atoms with Crippen molar-refractivity contribution in [1.82, 2.24) is 4.98 Å². The molecule has 8 heteroatoms. The maximum absolute atomic E-state index is 12.8. The van der Waals surface area contributed by atoms with Gasteiger partial charge in [0.05, 0.1) is 19.7 Å². The van der Waals surface area contributed by atoms with Crippen LogP contribution in [0.1, 0.15) is 0 Å². The zero-order valence-electron chi connectivity index (χ0n) is 8.99. The molecular formula is C11H5Br2Cl2F2NS. The van der Waals surface area contributed by atoms with Crippen LogP contribution in [-0.2, 0) is 0 Å². The molecule has 2 rings (SSSR count). The van der Waals surface area contributed by atoms with Gasteiger partial charge in [0.2, 0.25) is 0 Å². The normalized spacial score (nSPS) is 11.9. The third-order valence-electron chi connectivity index (χ3n) is 2.20. The lowest BCUT2D eigenvalue weighted by molar-refractivity contribution is 0.203. The summed E-state index contributed by atoms with van der Waals surface area (Å²) in [5.74, 6) is 0. The summed E-state index contributed by atoms with van der Waals surface area (Å²) in [4.78, 5) is 2.90. The van der Waals surface area contributed by atoms with E-state index in [0.29, 0.717) is 19.7 Å². The van der Waals surface area contributed by atoms with Crippen molar-refractivity contribution in [3.63, 3.8) is 0 Å². The van der Waals surface area contributed by atoms with Crippen molar-refractivity contribution in [2.45, 2.75) is 9.74 Å². The van der Waals surface area contributed by atoms with Crippen molar-refractivity contribution in [1.29, 1.82) is 0 Å². The van der Waals surface area contributed by atoms with Gasteiger partial charge in [0.25, 0.3) is 0 Å². The van der Waals surface area contributed by atoms with Gasteiger partial charge in [-0.1, -0.05) is 23.7 Å². The summed E-state index contributed by atoms with van der Waals surface area (Å²) in [7, 11) is 0. The van der Waals surface area contributed by atoms with Gasteiger partial charge in [0.1, 0.15) is 0 Å². The second kappa shape index (κ2) is 5.93. The first-order valence-corrected chi connectivity index (χ1v) is 8.02. The summed E-state index contributed by atoms with van der Waals surface area (Å²) < 4.78 is 23.5. The molecule has 0 saturated heterocycles. The first-order chi connectivity index (χ1) is 8.78. The second-order valence-electron chi connectivity index (χ2n) is 3.51. The Morgan fingerprint density at radius 3 is 2.21 bits per heavy atom. The number of hydrogen-bond acceptors (Lipinski definition) is 1. The third kappa shape index (κ3) is 3.88. The summed E-state index contributed by atoms with van der Waals surface area (Å²) in [6, 6.07) is 7.03. The molecule has 2 aromatic rings. The zero-order valence-corrected chi connectivity index (χ0v) is 14.5. The molecule has 0 fully saturated rings.